The second-order valence-electron chi connectivity index (χ2n) is 4.86. The molecule has 0 saturated heterocycles. The van der Waals surface area contributed by atoms with E-state index in [0.29, 0.717) is 12.1 Å². The lowest BCUT2D eigenvalue weighted by molar-refractivity contribution is -0.155. The van der Waals surface area contributed by atoms with E-state index in [2.05, 4.69) is 9.47 Å². The summed E-state index contributed by atoms with van der Waals surface area (Å²) in [4.78, 5) is 11.1. The van der Waals surface area contributed by atoms with Gasteiger partial charge in [-0.2, -0.15) is 39.5 Å². The number of hydrogen-bond acceptors (Lipinski definition) is 3. The summed E-state index contributed by atoms with van der Waals surface area (Å²) in [7, 11) is 0. The Morgan fingerprint density at radius 2 is 1.35 bits per heavy atom. The molecular formula is C13H9F9O4. The summed E-state index contributed by atoms with van der Waals surface area (Å²) in [6.07, 6.45) is -16.8. The molecule has 0 aliphatic carbocycles. The van der Waals surface area contributed by atoms with Crippen molar-refractivity contribution in [2.75, 3.05) is 13.2 Å². The fourth-order valence-corrected chi connectivity index (χ4v) is 1.74. The molecule has 0 aliphatic heterocycles. The van der Waals surface area contributed by atoms with Gasteiger partial charge in [-0.25, -0.2) is 4.79 Å². The topological polar surface area (TPSA) is 55.8 Å². The highest BCUT2D eigenvalue weighted by Gasteiger charge is 2.35. The van der Waals surface area contributed by atoms with Gasteiger partial charge < -0.3 is 14.6 Å². The van der Waals surface area contributed by atoms with Crippen molar-refractivity contribution in [2.24, 2.45) is 0 Å². The van der Waals surface area contributed by atoms with Crippen LogP contribution in [0.2, 0.25) is 0 Å². The normalized spacial score (nSPS) is 12.8. The van der Waals surface area contributed by atoms with Crippen LogP contribution in [0.15, 0.2) is 12.1 Å². The Kier molecular flexibility index (Phi) is 6.26. The standard InChI is InChI=1S/C13H9F9O4/c14-11(15,16)3-6-1-7(25-4-12(17,18)19)2-8(10(23)24)9(6)26-5-13(20,21)22/h1-2H,3-5H2,(H,23,24). The summed E-state index contributed by atoms with van der Waals surface area (Å²) in [5.74, 6) is -4.19. The smallest absolute Gasteiger partial charge is 0.422 e. The number of carboxylic acid groups (broad SMARTS) is 1. The summed E-state index contributed by atoms with van der Waals surface area (Å²) in [6, 6.07) is 0.692. The third kappa shape index (κ3) is 7.70. The van der Waals surface area contributed by atoms with Crippen LogP contribution in [0.1, 0.15) is 15.9 Å². The summed E-state index contributed by atoms with van der Waals surface area (Å²) >= 11 is 0. The fraction of sp³-hybridized carbons (Fsp3) is 0.462. The molecule has 1 aromatic carbocycles. The summed E-state index contributed by atoms with van der Waals surface area (Å²) in [5.41, 5.74) is -2.31. The van der Waals surface area contributed by atoms with Crippen LogP contribution in [0.4, 0.5) is 39.5 Å². The van der Waals surface area contributed by atoms with E-state index in [0.717, 1.165) is 0 Å². The Morgan fingerprint density at radius 1 is 0.846 bits per heavy atom. The predicted molar refractivity (Wildman–Crippen MR) is 66.3 cm³/mol. The highest BCUT2D eigenvalue weighted by Crippen LogP contribution is 2.35. The van der Waals surface area contributed by atoms with E-state index < -0.39 is 66.8 Å². The summed E-state index contributed by atoms with van der Waals surface area (Å²) in [5, 5.41) is 8.95. The Balaban J connectivity index is 3.36. The van der Waals surface area contributed by atoms with Crippen LogP contribution in [0.3, 0.4) is 0 Å². The van der Waals surface area contributed by atoms with Gasteiger partial charge in [0, 0.05) is 5.56 Å². The average Bonchev–Trinajstić information content (AvgIpc) is 2.39. The molecule has 0 radical (unpaired) electrons. The number of hydrogen-bond donors (Lipinski definition) is 1. The molecule has 0 heterocycles. The molecule has 26 heavy (non-hydrogen) atoms. The molecule has 4 nitrogen and oxygen atoms in total. The maximum Gasteiger partial charge on any atom is 0.422 e. The zero-order chi connectivity index (χ0) is 20.3. The minimum atomic E-state index is -5.01. The first-order valence-corrected chi connectivity index (χ1v) is 6.43. The van der Waals surface area contributed by atoms with Crippen LogP contribution >= 0.6 is 0 Å². The average molecular weight is 400 g/mol. The molecule has 13 heteroatoms. The van der Waals surface area contributed by atoms with Gasteiger partial charge in [0.2, 0.25) is 0 Å². The predicted octanol–water partition coefficient (Wildman–Crippen LogP) is 4.37. The van der Waals surface area contributed by atoms with Crippen LogP contribution in [-0.4, -0.2) is 42.8 Å². The Bertz CT molecular complexity index is 647. The largest absolute Gasteiger partial charge is 0.484 e. The quantitative estimate of drug-likeness (QED) is 0.721. The third-order valence-electron chi connectivity index (χ3n) is 2.54. The maximum atomic E-state index is 12.6. The molecular weight excluding hydrogens is 391 g/mol. The van der Waals surface area contributed by atoms with Crippen molar-refractivity contribution in [3.63, 3.8) is 0 Å². The summed E-state index contributed by atoms with van der Waals surface area (Å²) < 4.78 is 119. The molecule has 0 atom stereocenters. The molecule has 0 saturated carbocycles. The Morgan fingerprint density at radius 3 is 1.77 bits per heavy atom. The number of benzene rings is 1. The molecule has 148 valence electrons. The minimum Gasteiger partial charge on any atom is -0.484 e. The second kappa shape index (κ2) is 7.50. The first-order valence-electron chi connectivity index (χ1n) is 6.43. The minimum absolute atomic E-state index is 0.345. The van der Waals surface area contributed by atoms with E-state index in [-0.39, 0.29) is 0 Å². The zero-order valence-electron chi connectivity index (χ0n) is 12.3. The van der Waals surface area contributed by atoms with E-state index in [4.69, 9.17) is 5.11 Å². The number of rotatable bonds is 6. The Hall–Kier alpha value is -2.34. The van der Waals surface area contributed by atoms with Crippen molar-refractivity contribution in [3.05, 3.63) is 23.3 Å². The number of carboxylic acids is 1. The molecule has 0 bridgehead atoms. The van der Waals surface area contributed by atoms with Crippen molar-refractivity contribution >= 4 is 5.97 Å². The van der Waals surface area contributed by atoms with Crippen LogP contribution in [0, 0.1) is 0 Å². The van der Waals surface area contributed by atoms with Crippen molar-refractivity contribution in [2.45, 2.75) is 24.9 Å². The summed E-state index contributed by atoms with van der Waals surface area (Å²) in [6.45, 7) is -4.04. The molecule has 0 spiro atoms. The molecule has 1 N–H and O–H groups in total. The molecule has 0 fully saturated rings. The Labute approximate surface area is 139 Å². The number of carbonyl (C=O) groups is 1. The maximum absolute atomic E-state index is 12.6. The van der Waals surface area contributed by atoms with Gasteiger partial charge in [-0.15, -0.1) is 0 Å². The van der Waals surface area contributed by atoms with Crippen molar-refractivity contribution in [3.8, 4) is 11.5 Å². The van der Waals surface area contributed by atoms with E-state index in [9.17, 15) is 44.3 Å². The van der Waals surface area contributed by atoms with Crippen LogP contribution in [0.25, 0.3) is 0 Å². The van der Waals surface area contributed by atoms with Gasteiger partial charge in [-0.05, 0) is 12.1 Å². The first kappa shape index (κ1) is 21.7. The lowest BCUT2D eigenvalue weighted by Crippen LogP contribution is -2.23. The van der Waals surface area contributed by atoms with Crippen LogP contribution in [0.5, 0.6) is 11.5 Å². The van der Waals surface area contributed by atoms with Crippen molar-refractivity contribution < 1.29 is 58.9 Å². The second-order valence-corrected chi connectivity index (χ2v) is 4.86. The van der Waals surface area contributed by atoms with Crippen LogP contribution < -0.4 is 9.47 Å². The molecule has 1 aromatic rings. The van der Waals surface area contributed by atoms with E-state index >= 15 is 0 Å². The van der Waals surface area contributed by atoms with Crippen molar-refractivity contribution in [1.29, 1.82) is 0 Å². The monoisotopic (exact) mass is 400 g/mol. The van der Waals surface area contributed by atoms with Crippen LogP contribution in [-0.2, 0) is 6.42 Å². The van der Waals surface area contributed by atoms with E-state index in [1.807, 2.05) is 0 Å². The number of ether oxygens (including phenoxy) is 2. The molecule has 1 rings (SSSR count). The van der Waals surface area contributed by atoms with Gasteiger partial charge in [0.25, 0.3) is 0 Å². The van der Waals surface area contributed by atoms with Gasteiger partial charge in [0.15, 0.2) is 13.2 Å². The number of aromatic carboxylic acids is 1. The van der Waals surface area contributed by atoms with Gasteiger partial charge in [0.05, 0.1) is 6.42 Å². The van der Waals surface area contributed by atoms with Gasteiger partial charge in [-0.3, -0.25) is 0 Å². The number of alkyl halides is 9. The third-order valence-corrected chi connectivity index (χ3v) is 2.54. The van der Waals surface area contributed by atoms with E-state index in [1.54, 1.807) is 0 Å². The van der Waals surface area contributed by atoms with Gasteiger partial charge in [-0.1, -0.05) is 0 Å². The SMILES string of the molecule is O=C(O)c1cc(OCC(F)(F)F)cc(CC(F)(F)F)c1OCC(F)(F)F. The van der Waals surface area contributed by atoms with Gasteiger partial charge in [0.1, 0.15) is 17.1 Å². The highest BCUT2D eigenvalue weighted by atomic mass is 19.4. The molecule has 0 aromatic heterocycles. The zero-order valence-corrected chi connectivity index (χ0v) is 12.3. The lowest BCUT2D eigenvalue weighted by Gasteiger charge is -2.18. The van der Waals surface area contributed by atoms with E-state index in [1.165, 1.54) is 0 Å². The molecule has 0 aliphatic rings. The van der Waals surface area contributed by atoms with Crippen molar-refractivity contribution in [1.82, 2.24) is 0 Å². The molecule has 0 unspecified atom stereocenters. The lowest BCUT2D eigenvalue weighted by atomic mass is 10.0. The fourth-order valence-electron chi connectivity index (χ4n) is 1.74. The number of halogens is 9. The van der Waals surface area contributed by atoms with Gasteiger partial charge >= 0.3 is 24.5 Å². The molecule has 0 amide bonds. The first-order chi connectivity index (χ1) is 11.6. The highest BCUT2D eigenvalue weighted by molar-refractivity contribution is 5.92.